The van der Waals surface area contributed by atoms with Crippen LogP contribution in [0.25, 0.3) is 0 Å². The number of H-pyrrole nitrogens is 1. The molecule has 0 aliphatic carbocycles. The van der Waals surface area contributed by atoms with Crippen molar-refractivity contribution in [3.05, 3.63) is 58.5 Å². The summed E-state index contributed by atoms with van der Waals surface area (Å²) in [5, 5.41) is 8.74. The highest BCUT2D eigenvalue weighted by Gasteiger charge is 2.43. The summed E-state index contributed by atoms with van der Waals surface area (Å²) in [7, 11) is 0. The molecule has 0 radical (unpaired) electrons. The van der Waals surface area contributed by atoms with Crippen molar-refractivity contribution in [3.8, 4) is 0 Å². The molecule has 1 aromatic heterocycles. The lowest BCUT2D eigenvalue weighted by molar-refractivity contribution is -0.161. The maximum absolute atomic E-state index is 13.9. The van der Waals surface area contributed by atoms with Crippen molar-refractivity contribution in [2.24, 2.45) is 5.92 Å². The number of aromatic nitrogens is 1. The third-order valence-corrected chi connectivity index (χ3v) is 6.50. The molecule has 1 amide bonds. The maximum Gasteiger partial charge on any atom is 0.407 e. The van der Waals surface area contributed by atoms with Gasteiger partial charge in [-0.2, -0.15) is 13.2 Å². The lowest BCUT2D eigenvalue weighted by Crippen LogP contribution is -2.52. The van der Waals surface area contributed by atoms with E-state index in [1.807, 2.05) is 45.0 Å². The SMILES string of the molecule is CC[C@@H](CNc1ccc(N2CCOCC2)cc1)NC(=O)[C@H](CC(C)C)N[C@@H](c1ccc(=O)[nH]c1)C(F)(F)F. The highest BCUT2D eigenvalue weighted by atomic mass is 19.4. The van der Waals surface area contributed by atoms with Crippen molar-refractivity contribution >= 4 is 17.3 Å². The van der Waals surface area contributed by atoms with Gasteiger partial charge in [-0.15, -0.1) is 0 Å². The number of carbonyl (C=O) groups excluding carboxylic acids is 1. The van der Waals surface area contributed by atoms with Crippen molar-refractivity contribution in [2.75, 3.05) is 43.1 Å². The molecule has 1 aliphatic rings. The smallest absolute Gasteiger partial charge is 0.383 e. The number of ether oxygens (including phenoxy) is 1. The second kappa shape index (κ2) is 13.7. The third kappa shape index (κ3) is 8.76. The number of halogens is 3. The largest absolute Gasteiger partial charge is 0.407 e. The topological polar surface area (TPSA) is 98.5 Å². The van der Waals surface area contributed by atoms with E-state index in [0.717, 1.165) is 42.8 Å². The standard InChI is InChI=1S/C27H38F3N5O3/c1-4-20(17-31-21-6-8-22(9-7-21)35-11-13-38-14-12-35)33-26(37)23(15-18(2)3)34-25(27(28,29)30)19-5-10-24(36)32-16-19/h5-10,16,18,20,23,25,31,34H,4,11-15,17H2,1-3H3,(H,32,36)(H,33,37)/t20-,23-,25-/m0/s1. The number of pyridine rings is 1. The number of carbonyl (C=O) groups is 1. The fourth-order valence-electron chi connectivity index (χ4n) is 4.36. The molecular weight excluding hydrogens is 499 g/mol. The van der Waals surface area contributed by atoms with E-state index in [1.54, 1.807) is 0 Å². The molecule has 1 saturated heterocycles. The Morgan fingerprint density at radius 1 is 1.11 bits per heavy atom. The first-order valence-corrected chi connectivity index (χ1v) is 13.0. The second-order valence-electron chi connectivity index (χ2n) is 9.95. The highest BCUT2D eigenvalue weighted by molar-refractivity contribution is 5.82. The molecule has 0 bridgehead atoms. The monoisotopic (exact) mass is 537 g/mol. The molecule has 1 aromatic carbocycles. The van der Waals surface area contributed by atoms with E-state index in [4.69, 9.17) is 4.74 Å². The van der Waals surface area contributed by atoms with Crippen LogP contribution in [-0.4, -0.2) is 62.0 Å². The molecule has 0 unspecified atom stereocenters. The quantitative estimate of drug-likeness (QED) is 0.329. The maximum atomic E-state index is 13.9. The van der Waals surface area contributed by atoms with Crippen LogP contribution < -0.4 is 26.4 Å². The molecule has 38 heavy (non-hydrogen) atoms. The van der Waals surface area contributed by atoms with Crippen molar-refractivity contribution in [3.63, 3.8) is 0 Å². The Balaban J connectivity index is 1.63. The van der Waals surface area contributed by atoms with E-state index in [-0.39, 0.29) is 23.9 Å². The van der Waals surface area contributed by atoms with Crippen LogP contribution in [0.1, 0.15) is 45.2 Å². The van der Waals surface area contributed by atoms with Crippen molar-refractivity contribution < 1.29 is 22.7 Å². The van der Waals surface area contributed by atoms with Crippen LogP contribution in [0, 0.1) is 5.92 Å². The Morgan fingerprint density at radius 2 is 1.79 bits per heavy atom. The minimum atomic E-state index is -4.66. The van der Waals surface area contributed by atoms with E-state index >= 15 is 0 Å². The normalized spacial score (nSPS) is 16.7. The van der Waals surface area contributed by atoms with Crippen LogP contribution in [0.15, 0.2) is 47.4 Å². The van der Waals surface area contributed by atoms with Crippen molar-refractivity contribution in [1.29, 1.82) is 0 Å². The van der Waals surface area contributed by atoms with E-state index in [9.17, 15) is 22.8 Å². The molecule has 2 aromatic rings. The van der Waals surface area contributed by atoms with Crippen LogP contribution in [0.3, 0.4) is 0 Å². The Bertz CT molecular complexity index is 1050. The van der Waals surface area contributed by atoms with Gasteiger partial charge in [0.05, 0.1) is 19.3 Å². The lowest BCUT2D eigenvalue weighted by atomic mass is 9.99. The Hall–Kier alpha value is -3.05. The number of morpholine rings is 1. The number of alkyl halides is 3. The number of nitrogens with one attached hydrogen (secondary N) is 4. The van der Waals surface area contributed by atoms with Crippen molar-refractivity contribution in [1.82, 2.24) is 15.6 Å². The summed E-state index contributed by atoms with van der Waals surface area (Å²) in [6.45, 7) is 9.15. The van der Waals surface area contributed by atoms with Crippen LogP contribution >= 0.6 is 0 Å². The minimum absolute atomic E-state index is 0.0223. The van der Waals surface area contributed by atoms with Gasteiger partial charge in [-0.25, -0.2) is 0 Å². The van der Waals surface area contributed by atoms with Crippen LogP contribution in [0.2, 0.25) is 0 Å². The number of anilines is 2. The van der Waals surface area contributed by atoms with Crippen molar-refractivity contribution in [2.45, 2.75) is 57.9 Å². The predicted octanol–water partition coefficient (Wildman–Crippen LogP) is 3.83. The summed E-state index contributed by atoms with van der Waals surface area (Å²) >= 11 is 0. The van der Waals surface area contributed by atoms with Gasteiger partial charge in [-0.3, -0.25) is 14.9 Å². The Morgan fingerprint density at radius 3 is 2.34 bits per heavy atom. The molecule has 1 aliphatic heterocycles. The zero-order chi connectivity index (χ0) is 27.7. The minimum Gasteiger partial charge on any atom is -0.383 e. The number of aromatic amines is 1. The molecule has 0 saturated carbocycles. The van der Waals surface area contributed by atoms with Gasteiger partial charge in [0.15, 0.2) is 0 Å². The van der Waals surface area contributed by atoms with Gasteiger partial charge in [0, 0.05) is 49.3 Å². The molecule has 1 fully saturated rings. The number of hydrogen-bond donors (Lipinski definition) is 4. The van der Waals surface area contributed by atoms with Gasteiger partial charge in [0.2, 0.25) is 11.5 Å². The van der Waals surface area contributed by atoms with Crippen LogP contribution in [0.5, 0.6) is 0 Å². The average molecular weight is 538 g/mol. The third-order valence-electron chi connectivity index (χ3n) is 6.50. The molecule has 3 atom stereocenters. The summed E-state index contributed by atoms with van der Waals surface area (Å²) in [5.41, 5.74) is 1.35. The number of benzene rings is 1. The van der Waals surface area contributed by atoms with Gasteiger partial charge < -0.3 is 25.3 Å². The van der Waals surface area contributed by atoms with E-state index in [2.05, 4.69) is 25.8 Å². The zero-order valence-corrected chi connectivity index (χ0v) is 22.1. The number of hydrogen-bond acceptors (Lipinski definition) is 6. The predicted molar refractivity (Wildman–Crippen MR) is 142 cm³/mol. The summed E-state index contributed by atoms with van der Waals surface area (Å²) in [6, 6.07) is 6.72. The molecule has 11 heteroatoms. The molecular formula is C27H38F3N5O3. The van der Waals surface area contributed by atoms with Gasteiger partial charge in [-0.1, -0.05) is 26.8 Å². The van der Waals surface area contributed by atoms with Gasteiger partial charge >= 0.3 is 6.18 Å². The molecule has 210 valence electrons. The molecule has 3 rings (SSSR count). The fraction of sp³-hybridized carbons (Fsp3) is 0.556. The van der Waals surface area contributed by atoms with Gasteiger partial charge in [-0.05, 0) is 48.6 Å². The zero-order valence-electron chi connectivity index (χ0n) is 22.1. The van der Waals surface area contributed by atoms with Gasteiger partial charge in [0.1, 0.15) is 6.04 Å². The van der Waals surface area contributed by atoms with E-state index in [1.165, 1.54) is 0 Å². The average Bonchev–Trinajstić information content (AvgIpc) is 2.89. The molecule has 8 nitrogen and oxygen atoms in total. The summed E-state index contributed by atoms with van der Waals surface area (Å²) < 4.78 is 47.2. The first-order chi connectivity index (χ1) is 18.1. The van der Waals surface area contributed by atoms with E-state index in [0.29, 0.717) is 26.2 Å². The first-order valence-electron chi connectivity index (χ1n) is 13.0. The first kappa shape index (κ1) is 29.5. The second-order valence-corrected chi connectivity index (χ2v) is 9.95. The Kier molecular flexibility index (Phi) is 10.6. The number of nitrogens with zero attached hydrogens (tertiary/aromatic N) is 1. The highest BCUT2D eigenvalue weighted by Crippen LogP contribution is 2.33. The lowest BCUT2D eigenvalue weighted by Gasteiger charge is -2.30. The summed E-state index contributed by atoms with van der Waals surface area (Å²) in [5.74, 6) is -0.514. The van der Waals surface area contributed by atoms with Crippen LogP contribution in [-0.2, 0) is 9.53 Å². The Labute approximate surface area is 221 Å². The van der Waals surface area contributed by atoms with Gasteiger partial charge in [0.25, 0.3) is 0 Å². The van der Waals surface area contributed by atoms with E-state index < -0.39 is 29.7 Å². The summed E-state index contributed by atoms with van der Waals surface area (Å²) in [6.07, 6.45) is -2.82. The molecule has 2 heterocycles. The summed E-state index contributed by atoms with van der Waals surface area (Å²) in [4.78, 5) is 29.1. The molecule has 0 spiro atoms. The number of amides is 1. The number of rotatable bonds is 12. The molecule has 4 N–H and O–H groups in total. The fourth-order valence-corrected chi connectivity index (χ4v) is 4.36. The van der Waals surface area contributed by atoms with Crippen LogP contribution in [0.4, 0.5) is 24.5 Å².